The molecule has 1 aromatic carbocycles. The van der Waals surface area contributed by atoms with Crippen LogP contribution in [0.15, 0.2) is 24.3 Å². The number of hydrogen-bond acceptors (Lipinski definition) is 2. The van der Waals surface area contributed by atoms with Crippen LogP contribution in [0.5, 0.6) is 0 Å². The standard InChI is InChI=1S/C18H29NS/c1-4-20-18-10-9-17(12-18)19-13-16-7-5-15(6-8-16)11-14(2)3/h5-8,14,17-19H,4,9-13H2,1-3H3. The van der Waals surface area contributed by atoms with Crippen LogP contribution in [-0.4, -0.2) is 17.0 Å². The summed E-state index contributed by atoms with van der Waals surface area (Å²) >= 11 is 2.13. The number of rotatable bonds is 7. The second kappa shape index (κ2) is 8.09. The summed E-state index contributed by atoms with van der Waals surface area (Å²) in [5.74, 6) is 2.00. The summed E-state index contributed by atoms with van der Waals surface area (Å²) in [4.78, 5) is 0. The first-order valence-electron chi connectivity index (χ1n) is 8.10. The Morgan fingerprint density at radius 1 is 1.15 bits per heavy atom. The minimum absolute atomic E-state index is 0.731. The summed E-state index contributed by atoms with van der Waals surface area (Å²) in [5, 5.41) is 4.63. The van der Waals surface area contributed by atoms with E-state index in [1.807, 2.05) is 0 Å². The third-order valence-electron chi connectivity index (χ3n) is 4.05. The summed E-state index contributed by atoms with van der Waals surface area (Å²) in [6, 6.07) is 9.90. The highest BCUT2D eigenvalue weighted by Gasteiger charge is 2.23. The molecular weight excluding hydrogens is 262 g/mol. The van der Waals surface area contributed by atoms with E-state index in [0.29, 0.717) is 0 Å². The van der Waals surface area contributed by atoms with E-state index in [-0.39, 0.29) is 0 Å². The van der Waals surface area contributed by atoms with Crippen LogP contribution in [0.25, 0.3) is 0 Å². The molecule has 1 aromatic rings. The van der Waals surface area contributed by atoms with E-state index in [9.17, 15) is 0 Å². The molecule has 1 aliphatic carbocycles. The molecular formula is C18H29NS. The molecule has 1 fully saturated rings. The van der Waals surface area contributed by atoms with Crippen molar-refractivity contribution in [2.75, 3.05) is 5.75 Å². The molecule has 2 heteroatoms. The van der Waals surface area contributed by atoms with Gasteiger partial charge in [0.05, 0.1) is 0 Å². The maximum Gasteiger partial charge on any atom is 0.0208 e. The predicted molar refractivity (Wildman–Crippen MR) is 91.4 cm³/mol. The van der Waals surface area contributed by atoms with Crippen LogP contribution in [0.4, 0.5) is 0 Å². The number of thioether (sulfide) groups is 1. The maximum atomic E-state index is 3.73. The van der Waals surface area contributed by atoms with Crippen LogP contribution in [0.3, 0.4) is 0 Å². The molecule has 1 aliphatic rings. The zero-order valence-corrected chi connectivity index (χ0v) is 14.0. The third-order valence-corrected chi connectivity index (χ3v) is 5.28. The SMILES string of the molecule is CCSC1CCC(NCc2ccc(CC(C)C)cc2)C1. The molecule has 0 bridgehead atoms. The van der Waals surface area contributed by atoms with E-state index in [1.165, 1.54) is 42.6 Å². The maximum absolute atomic E-state index is 3.73. The van der Waals surface area contributed by atoms with Gasteiger partial charge in [0.15, 0.2) is 0 Å². The Balaban J connectivity index is 1.74. The largest absolute Gasteiger partial charge is 0.310 e. The Labute approximate surface area is 128 Å². The van der Waals surface area contributed by atoms with E-state index < -0.39 is 0 Å². The Morgan fingerprint density at radius 2 is 1.85 bits per heavy atom. The lowest BCUT2D eigenvalue weighted by Gasteiger charge is -2.13. The van der Waals surface area contributed by atoms with E-state index >= 15 is 0 Å². The van der Waals surface area contributed by atoms with Gasteiger partial charge in [-0.25, -0.2) is 0 Å². The van der Waals surface area contributed by atoms with Crippen molar-refractivity contribution >= 4 is 11.8 Å². The first kappa shape index (κ1) is 15.9. The van der Waals surface area contributed by atoms with Gasteiger partial charge >= 0.3 is 0 Å². The van der Waals surface area contributed by atoms with Gasteiger partial charge in [0, 0.05) is 17.8 Å². The Hall–Kier alpha value is -0.470. The molecule has 0 radical (unpaired) electrons. The van der Waals surface area contributed by atoms with Gasteiger partial charge < -0.3 is 5.32 Å². The van der Waals surface area contributed by atoms with Crippen molar-refractivity contribution < 1.29 is 0 Å². The van der Waals surface area contributed by atoms with Gasteiger partial charge in [0.1, 0.15) is 0 Å². The monoisotopic (exact) mass is 291 g/mol. The lowest BCUT2D eigenvalue weighted by Crippen LogP contribution is -2.26. The van der Waals surface area contributed by atoms with Crippen LogP contribution in [-0.2, 0) is 13.0 Å². The lowest BCUT2D eigenvalue weighted by atomic mass is 10.0. The zero-order chi connectivity index (χ0) is 14.4. The summed E-state index contributed by atoms with van der Waals surface area (Å²) < 4.78 is 0. The van der Waals surface area contributed by atoms with Gasteiger partial charge in [-0.1, -0.05) is 45.0 Å². The molecule has 20 heavy (non-hydrogen) atoms. The van der Waals surface area contributed by atoms with E-state index in [4.69, 9.17) is 0 Å². The molecule has 2 unspecified atom stereocenters. The van der Waals surface area contributed by atoms with Crippen molar-refractivity contribution in [1.29, 1.82) is 0 Å². The van der Waals surface area contributed by atoms with E-state index in [1.54, 1.807) is 0 Å². The molecule has 2 atom stereocenters. The van der Waals surface area contributed by atoms with Crippen molar-refractivity contribution in [3.05, 3.63) is 35.4 Å². The highest BCUT2D eigenvalue weighted by molar-refractivity contribution is 7.99. The fourth-order valence-corrected chi connectivity index (χ4v) is 4.18. The zero-order valence-electron chi connectivity index (χ0n) is 13.2. The molecule has 1 saturated carbocycles. The minimum atomic E-state index is 0.731. The average Bonchev–Trinajstić information content (AvgIpc) is 2.86. The van der Waals surface area contributed by atoms with Gasteiger partial charge in [-0.2, -0.15) is 11.8 Å². The Morgan fingerprint density at radius 3 is 2.50 bits per heavy atom. The molecule has 112 valence electrons. The smallest absolute Gasteiger partial charge is 0.0208 e. The van der Waals surface area contributed by atoms with Gasteiger partial charge in [0.25, 0.3) is 0 Å². The lowest BCUT2D eigenvalue weighted by molar-refractivity contribution is 0.525. The quantitative estimate of drug-likeness (QED) is 0.785. The number of hydrogen-bond donors (Lipinski definition) is 1. The molecule has 0 heterocycles. The van der Waals surface area contributed by atoms with Gasteiger partial charge in [-0.3, -0.25) is 0 Å². The molecule has 0 aliphatic heterocycles. The minimum Gasteiger partial charge on any atom is -0.310 e. The van der Waals surface area contributed by atoms with Crippen LogP contribution >= 0.6 is 11.8 Å². The highest BCUT2D eigenvalue weighted by atomic mass is 32.2. The average molecular weight is 292 g/mol. The molecule has 0 saturated heterocycles. The topological polar surface area (TPSA) is 12.0 Å². The first-order chi connectivity index (χ1) is 9.67. The second-order valence-electron chi connectivity index (χ2n) is 6.38. The Kier molecular flexibility index (Phi) is 6.44. The number of benzene rings is 1. The fourth-order valence-electron chi connectivity index (χ4n) is 3.04. The third kappa shape index (κ3) is 5.14. The molecule has 0 amide bonds. The van der Waals surface area contributed by atoms with E-state index in [2.05, 4.69) is 62.1 Å². The summed E-state index contributed by atoms with van der Waals surface area (Å²) in [7, 11) is 0. The van der Waals surface area contributed by atoms with Gasteiger partial charge in [-0.15, -0.1) is 0 Å². The first-order valence-corrected chi connectivity index (χ1v) is 9.15. The molecule has 0 spiro atoms. The van der Waals surface area contributed by atoms with Crippen LogP contribution in [0, 0.1) is 5.92 Å². The highest BCUT2D eigenvalue weighted by Crippen LogP contribution is 2.29. The summed E-state index contributed by atoms with van der Waals surface area (Å²) in [6.45, 7) is 7.85. The van der Waals surface area contributed by atoms with Crippen molar-refractivity contribution in [1.82, 2.24) is 5.32 Å². The van der Waals surface area contributed by atoms with Crippen molar-refractivity contribution in [2.45, 2.75) is 64.3 Å². The van der Waals surface area contributed by atoms with Crippen LogP contribution in [0.2, 0.25) is 0 Å². The van der Waals surface area contributed by atoms with Crippen molar-refractivity contribution in [2.24, 2.45) is 5.92 Å². The van der Waals surface area contributed by atoms with Crippen molar-refractivity contribution in [3.8, 4) is 0 Å². The number of nitrogens with one attached hydrogen (secondary N) is 1. The summed E-state index contributed by atoms with van der Waals surface area (Å²) in [6.07, 6.45) is 5.28. The van der Waals surface area contributed by atoms with Gasteiger partial charge in [0.2, 0.25) is 0 Å². The Bertz CT molecular complexity index is 385. The molecule has 2 rings (SSSR count). The normalized spacial score (nSPS) is 22.6. The van der Waals surface area contributed by atoms with Crippen molar-refractivity contribution in [3.63, 3.8) is 0 Å². The fraction of sp³-hybridized carbons (Fsp3) is 0.667. The van der Waals surface area contributed by atoms with Crippen LogP contribution < -0.4 is 5.32 Å². The summed E-state index contributed by atoms with van der Waals surface area (Å²) in [5.41, 5.74) is 2.88. The molecule has 1 N–H and O–H groups in total. The second-order valence-corrected chi connectivity index (χ2v) is 7.96. The van der Waals surface area contributed by atoms with E-state index in [0.717, 1.165) is 23.8 Å². The molecule has 1 nitrogen and oxygen atoms in total. The predicted octanol–water partition coefficient (Wildman–Crippen LogP) is 4.65. The van der Waals surface area contributed by atoms with Crippen LogP contribution in [0.1, 0.15) is 51.2 Å². The van der Waals surface area contributed by atoms with Gasteiger partial charge in [-0.05, 0) is 48.5 Å². The molecule has 0 aromatic heterocycles.